The quantitative estimate of drug-likeness (QED) is 0.403. The zero-order chi connectivity index (χ0) is 17.6. The summed E-state index contributed by atoms with van der Waals surface area (Å²) in [5.74, 6) is 0.205. The van der Waals surface area contributed by atoms with E-state index < -0.39 is 41.3 Å². The van der Waals surface area contributed by atoms with Gasteiger partial charge >= 0.3 is 0 Å². The molecule has 0 aromatic rings. The van der Waals surface area contributed by atoms with E-state index in [0.29, 0.717) is 0 Å². The van der Waals surface area contributed by atoms with Gasteiger partial charge in [0.1, 0.15) is 35.5 Å². The third kappa shape index (κ3) is 3.08. The number of aliphatic hydroxyl groups is 2. The molecule has 3 heterocycles. The zero-order valence-corrected chi connectivity index (χ0v) is 14.4. The Balaban J connectivity index is 2.03. The summed E-state index contributed by atoms with van der Waals surface area (Å²) in [6.07, 6.45) is -3.11. The Morgan fingerprint density at radius 1 is 1.42 bits per heavy atom. The Morgan fingerprint density at radius 3 is 2.75 bits per heavy atom. The van der Waals surface area contributed by atoms with Crippen molar-refractivity contribution in [3.8, 4) is 11.5 Å². The van der Waals surface area contributed by atoms with E-state index in [4.69, 9.17) is 32.1 Å². The Labute approximate surface area is 146 Å². The van der Waals surface area contributed by atoms with E-state index in [0.717, 1.165) is 10.8 Å². The van der Waals surface area contributed by atoms with Gasteiger partial charge in [-0.3, -0.25) is 8.75 Å². The lowest BCUT2D eigenvalue weighted by atomic mass is 10.1. The minimum atomic E-state index is -3.90. The summed E-state index contributed by atoms with van der Waals surface area (Å²) in [5.41, 5.74) is 0.227. The predicted molar refractivity (Wildman–Crippen MR) is 81.2 cm³/mol. The molecule has 132 valence electrons. The average molecular weight is 399 g/mol. The second-order valence-corrected chi connectivity index (χ2v) is 7.39. The molecule has 3 rings (SSSR count). The third-order valence-electron chi connectivity index (χ3n) is 3.41. The van der Waals surface area contributed by atoms with Crippen LogP contribution in [0.5, 0.6) is 0 Å². The van der Waals surface area contributed by atoms with Crippen LogP contribution in [0.15, 0.2) is 6.33 Å². The van der Waals surface area contributed by atoms with E-state index in [1.54, 1.807) is 0 Å². The SMILES string of the molecule is CS(=O)(=O)O[C@@H]1[C@@H](O)[C@H](n2c(Cl)nc3ncnc-3c2Cl)O[C@@H]1CO. The Morgan fingerprint density at radius 2 is 2.12 bits per heavy atom. The standard InChI is InChI=1S/C11H12Cl2N4O6S/c1-24(20,21)23-7-4(2-18)22-10(6(7)19)17-8(12)5-9(15-3-14-5)16-11(17)13/h3-4,6-7,10,18-19H,2H2,1H3/t4-,6-,7+,10-/m1/s1. The van der Waals surface area contributed by atoms with Gasteiger partial charge in [-0.2, -0.15) is 13.4 Å². The number of nitrogens with zero attached hydrogens (tertiary/aromatic N) is 4. The zero-order valence-electron chi connectivity index (χ0n) is 12.1. The maximum Gasteiger partial charge on any atom is 0.264 e. The molecular weight excluding hydrogens is 387 g/mol. The molecule has 0 saturated carbocycles. The topological polar surface area (TPSA) is 137 Å². The fourth-order valence-electron chi connectivity index (χ4n) is 2.44. The first-order chi connectivity index (χ1) is 11.2. The maximum absolute atomic E-state index is 11.4. The molecule has 0 amide bonds. The van der Waals surface area contributed by atoms with Gasteiger partial charge in [-0.25, -0.2) is 9.97 Å². The summed E-state index contributed by atoms with van der Waals surface area (Å²) in [4.78, 5) is 11.8. The van der Waals surface area contributed by atoms with Crippen molar-refractivity contribution in [1.82, 2.24) is 19.5 Å². The fraction of sp³-hybridized carbons (Fsp3) is 0.545. The highest BCUT2D eigenvalue weighted by molar-refractivity contribution is 7.86. The number of hydrogen-bond donors (Lipinski definition) is 2. The number of rotatable bonds is 4. The van der Waals surface area contributed by atoms with Crippen molar-refractivity contribution in [2.45, 2.75) is 24.5 Å². The molecule has 0 aliphatic carbocycles. The van der Waals surface area contributed by atoms with Crippen LogP contribution < -0.4 is 0 Å². The summed E-state index contributed by atoms with van der Waals surface area (Å²) < 4.78 is 34.1. The summed E-state index contributed by atoms with van der Waals surface area (Å²) in [7, 11) is -3.90. The second-order valence-electron chi connectivity index (χ2n) is 5.09. The molecule has 24 heavy (non-hydrogen) atoms. The van der Waals surface area contributed by atoms with Crippen LogP contribution in [-0.4, -0.2) is 69.3 Å². The summed E-state index contributed by atoms with van der Waals surface area (Å²) in [6, 6.07) is 0. The van der Waals surface area contributed by atoms with Crippen LogP contribution in [0, 0.1) is 0 Å². The van der Waals surface area contributed by atoms with Crippen LogP contribution in [-0.2, 0) is 19.0 Å². The smallest absolute Gasteiger partial charge is 0.264 e. The van der Waals surface area contributed by atoms with E-state index in [1.165, 1.54) is 6.33 Å². The van der Waals surface area contributed by atoms with Crippen LogP contribution in [0.25, 0.3) is 11.5 Å². The van der Waals surface area contributed by atoms with Crippen molar-refractivity contribution in [3.63, 3.8) is 0 Å². The number of imidazole rings is 1. The van der Waals surface area contributed by atoms with Crippen molar-refractivity contribution in [2.24, 2.45) is 0 Å². The molecule has 2 N–H and O–H groups in total. The van der Waals surface area contributed by atoms with E-state index in [9.17, 15) is 18.6 Å². The molecule has 0 bridgehead atoms. The van der Waals surface area contributed by atoms with Gasteiger partial charge in [0, 0.05) is 0 Å². The minimum absolute atomic E-state index is 0.0109. The van der Waals surface area contributed by atoms with Crippen LogP contribution >= 0.6 is 23.2 Å². The van der Waals surface area contributed by atoms with E-state index in [2.05, 4.69) is 15.0 Å². The van der Waals surface area contributed by atoms with Crippen molar-refractivity contribution < 1.29 is 27.6 Å². The highest BCUT2D eigenvalue weighted by atomic mass is 35.5. The number of aliphatic hydroxyl groups excluding tert-OH is 2. The minimum Gasteiger partial charge on any atom is -0.394 e. The monoisotopic (exact) mass is 398 g/mol. The van der Waals surface area contributed by atoms with Crippen molar-refractivity contribution in [2.75, 3.05) is 12.9 Å². The molecule has 0 aromatic carbocycles. The average Bonchev–Trinajstić information content (AvgIpc) is 3.05. The molecule has 0 radical (unpaired) electrons. The molecule has 0 aromatic heterocycles. The molecule has 10 nitrogen and oxygen atoms in total. The van der Waals surface area contributed by atoms with Crippen molar-refractivity contribution in [1.29, 1.82) is 0 Å². The van der Waals surface area contributed by atoms with Gasteiger partial charge in [0.2, 0.25) is 5.28 Å². The molecule has 0 unspecified atom stereocenters. The van der Waals surface area contributed by atoms with Gasteiger partial charge in [0.25, 0.3) is 10.1 Å². The van der Waals surface area contributed by atoms with Gasteiger partial charge in [0.05, 0.1) is 12.9 Å². The molecule has 0 spiro atoms. The lowest BCUT2D eigenvalue weighted by Crippen LogP contribution is -2.37. The molecule has 13 heteroatoms. The Kier molecular flexibility index (Phi) is 4.68. The van der Waals surface area contributed by atoms with Gasteiger partial charge < -0.3 is 14.9 Å². The third-order valence-corrected chi connectivity index (χ3v) is 4.61. The molecule has 3 aliphatic heterocycles. The Hall–Kier alpha value is -1.08. The van der Waals surface area contributed by atoms with Crippen LogP contribution in [0.1, 0.15) is 6.23 Å². The van der Waals surface area contributed by atoms with Gasteiger partial charge in [-0.1, -0.05) is 11.6 Å². The molecular formula is C11H12Cl2N4O6S. The maximum atomic E-state index is 11.4. The van der Waals surface area contributed by atoms with Crippen LogP contribution in [0.3, 0.4) is 0 Å². The van der Waals surface area contributed by atoms with E-state index >= 15 is 0 Å². The van der Waals surface area contributed by atoms with E-state index in [1.807, 2.05) is 0 Å². The summed E-state index contributed by atoms with van der Waals surface area (Å²) in [5, 5.41) is 19.6. The van der Waals surface area contributed by atoms with Crippen LogP contribution in [0.4, 0.5) is 0 Å². The first-order valence-electron chi connectivity index (χ1n) is 6.59. The highest BCUT2D eigenvalue weighted by Crippen LogP contribution is 2.38. The highest BCUT2D eigenvalue weighted by Gasteiger charge is 2.48. The Bertz CT molecular complexity index is 830. The fourth-order valence-corrected chi connectivity index (χ4v) is 3.70. The molecule has 1 fully saturated rings. The molecule has 4 atom stereocenters. The summed E-state index contributed by atoms with van der Waals surface area (Å²) >= 11 is 12.3. The molecule has 3 aliphatic rings. The lowest BCUT2D eigenvalue weighted by molar-refractivity contribution is -0.0523. The van der Waals surface area contributed by atoms with Gasteiger partial charge in [-0.15, -0.1) is 0 Å². The summed E-state index contributed by atoms with van der Waals surface area (Å²) in [6.45, 7) is -0.588. The lowest BCUT2D eigenvalue weighted by Gasteiger charge is -2.22. The number of ether oxygens (including phenoxy) is 1. The normalized spacial score (nSPS) is 27.9. The van der Waals surface area contributed by atoms with Crippen LogP contribution in [0.2, 0.25) is 10.4 Å². The van der Waals surface area contributed by atoms with Crippen molar-refractivity contribution >= 4 is 33.3 Å². The number of halogens is 2. The first kappa shape index (κ1) is 17.7. The number of hydrogen-bond acceptors (Lipinski definition) is 9. The van der Waals surface area contributed by atoms with E-state index in [-0.39, 0.29) is 22.0 Å². The first-order valence-corrected chi connectivity index (χ1v) is 9.16. The van der Waals surface area contributed by atoms with Gasteiger partial charge in [0.15, 0.2) is 12.1 Å². The predicted octanol–water partition coefficient (Wildman–Crippen LogP) is -0.320. The number of fused-ring (bicyclic) bond motifs is 1. The number of aromatic nitrogens is 4. The van der Waals surface area contributed by atoms with Crippen molar-refractivity contribution in [3.05, 3.63) is 16.8 Å². The van der Waals surface area contributed by atoms with Gasteiger partial charge in [-0.05, 0) is 11.6 Å². The molecule has 1 saturated heterocycles. The second kappa shape index (κ2) is 6.33. The largest absolute Gasteiger partial charge is 0.394 e.